The second-order valence-corrected chi connectivity index (χ2v) is 4.24. The van der Waals surface area contributed by atoms with E-state index in [1.807, 2.05) is 0 Å². The molecule has 0 aliphatic heterocycles. The first-order valence-corrected chi connectivity index (χ1v) is 4.32. The highest BCUT2D eigenvalue weighted by atomic mass is 35.5. The average molecular weight is 273 g/mol. The molecule has 0 saturated heterocycles. The summed E-state index contributed by atoms with van der Waals surface area (Å²) in [6, 6.07) is 0. The highest BCUT2D eigenvalue weighted by molar-refractivity contribution is 6.45. The van der Waals surface area contributed by atoms with Gasteiger partial charge in [0.1, 0.15) is 26.7 Å². The third-order valence-electron chi connectivity index (χ3n) is 1.66. The fourth-order valence-corrected chi connectivity index (χ4v) is 1.13. The van der Waals surface area contributed by atoms with Crippen LogP contribution in [0.5, 0.6) is 0 Å². The number of hydrogen-bond donors (Lipinski definition) is 0. The standard InChI is InChI=1S/C7H8Cl2F4O.H2O/c8-6(1-10,2-11)5(14)7(9,3-12)4-13;/h1-4H2;1H2. The number of alkyl halides is 6. The molecule has 0 spiro atoms. The first kappa shape index (κ1) is 17.3. The second kappa shape index (κ2) is 6.50. The average Bonchev–Trinajstić information content (AvgIpc) is 2.25. The van der Waals surface area contributed by atoms with Crippen molar-refractivity contribution in [3.8, 4) is 0 Å². The quantitative estimate of drug-likeness (QED) is 0.535. The maximum Gasteiger partial charge on any atom is 0.185 e. The van der Waals surface area contributed by atoms with E-state index in [1.165, 1.54) is 0 Å². The molecule has 0 aromatic carbocycles. The van der Waals surface area contributed by atoms with E-state index in [4.69, 9.17) is 23.2 Å². The molecule has 0 unspecified atom stereocenters. The van der Waals surface area contributed by atoms with Gasteiger partial charge in [-0.15, -0.1) is 23.2 Å². The van der Waals surface area contributed by atoms with E-state index < -0.39 is 42.2 Å². The molecule has 8 heteroatoms. The van der Waals surface area contributed by atoms with E-state index in [1.54, 1.807) is 0 Å². The van der Waals surface area contributed by atoms with Crippen molar-refractivity contribution in [3.05, 3.63) is 0 Å². The van der Waals surface area contributed by atoms with Gasteiger partial charge in [-0.3, -0.25) is 4.79 Å². The second-order valence-electron chi connectivity index (χ2n) is 2.79. The molecule has 0 amide bonds. The Morgan fingerprint density at radius 2 is 1.07 bits per heavy atom. The van der Waals surface area contributed by atoms with Gasteiger partial charge < -0.3 is 5.48 Å². The third kappa shape index (κ3) is 3.46. The molecular weight excluding hydrogens is 263 g/mol. The molecule has 2 N–H and O–H groups in total. The zero-order valence-corrected chi connectivity index (χ0v) is 9.02. The van der Waals surface area contributed by atoms with Gasteiger partial charge in [0, 0.05) is 0 Å². The SMILES string of the molecule is O.O=C(C(Cl)(CF)CF)C(Cl)(CF)CF. The van der Waals surface area contributed by atoms with E-state index in [9.17, 15) is 22.4 Å². The van der Waals surface area contributed by atoms with Crippen LogP contribution in [0.1, 0.15) is 0 Å². The maximum absolute atomic E-state index is 12.2. The van der Waals surface area contributed by atoms with Gasteiger partial charge >= 0.3 is 0 Å². The summed E-state index contributed by atoms with van der Waals surface area (Å²) in [5, 5.41) is 0. The zero-order chi connectivity index (χ0) is 11.4. The first-order chi connectivity index (χ1) is 6.40. The van der Waals surface area contributed by atoms with Crippen LogP contribution in [0.4, 0.5) is 17.6 Å². The van der Waals surface area contributed by atoms with Gasteiger partial charge in [0.15, 0.2) is 15.5 Å². The molecule has 0 fully saturated rings. The molecule has 92 valence electrons. The summed E-state index contributed by atoms with van der Waals surface area (Å²) in [5.74, 6) is -1.51. The highest BCUT2D eigenvalue weighted by Gasteiger charge is 2.49. The number of hydrogen-bond acceptors (Lipinski definition) is 1. The minimum atomic E-state index is -2.58. The number of carbonyl (C=O) groups is 1. The maximum atomic E-state index is 12.2. The zero-order valence-electron chi connectivity index (χ0n) is 7.50. The van der Waals surface area contributed by atoms with Gasteiger partial charge in [0.05, 0.1) is 0 Å². The lowest BCUT2D eigenvalue weighted by Crippen LogP contribution is -2.52. The van der Waals surface area contributed by atoms with Crippen molar-refractivity contribution in [1.82, 2.24) is 0 Å². The fourth-order valence-electron chi connectivity index (χ4n) is 0.716. The highest BCUT2D eigenvalue weighted by Crippen LogP contribution is 2.30. The summed E-state index contributed by atoms with van der Waals surface area (Å²) in [6.45, 7) is -6.28. The summed E-state index contributed by atoms with van der Waals surface area (Å²) >= 11 is 10.4. The van der Waals surface area contributed by atoms with Crippen LogP contribution in [-0.4, -0.2) is 47.7 Å². The van der Waals surface area contributed by atoms with Crippen molar-refractivity contribution in [3.63, 3.8) is 0 Å². The minimum Gasteiger partial charge on any atom is -0.412 e. The molecule has 0 radical (unpaired) electrons. The van der Waals surface area contributed by atoms with Crippen LogP contribution < -0.4 is 0 Å². The summed E-state index contributed by atoms with van der Waals surface area (Å²) in [5.41, 5.74) is 0. The number of ketones is 1. The van der Waals surface area contributed by atoms with Crippen LogP contribution in [0.15, 0.2) is 0 Å². The molecule has 0 saturated carbocycles. The van der Waals surface area contributed by atoms with E-state index in [0.717, 1.165) is 0 Å². The first-order valence-electron chi connectivity index (χ1n) is 3.57. The minimum absolute atomic E-state index is 0. The molecule has 0 bridgehead atoms. The Labute approximate surface area is 93.8 Å². The van der Waals surface area contributed by atoms with E-state index in [2.05, 4.69) is 0 Å². The van der Waals surface area contributed by atoms with Crippen molar-refractivity contribution in [2.45, 2.75) is 9.75 Å². The fraction of sp³-hybridized carbons (Fsp3) is 0.857. The Bertz CT molecular complexity index is 187. The summed E-state index contributed by atoms with van der Waals surface area (Å²) < 4.78 is 48.8. The van der Waals surface area contributed by atoms with E-state index >= 15 is 0 Å². The van der Waals surface area contributed by atoms with Crippen LogP contribution in [-0.2, 0) is 4.79 Å². The normalized spacial score (nSPS) is 12.1. The monoisotopic (exact) mass is 272 g/mol. The smallest absolute Gasteiger partial charge is 0.185 e. The molecule has 0 atom stereocenters. The molecular formula is C7H10Cl2F4O2. The molecule has 0 aliphatic carbocycles. The molecule has 0 heterocycles. The van der Waals surface area contributed by atoms with Crippen LogP contribution in [0.3, 0.4) is 0 Å². The lowest BCUT2D eigenvalue weighted by atomic mass is 9.94. The van der Waals surface area contributed by atoms with Crippen LogP contribution >= 0.6 is 23.2 Å². The van der Waals surface area contributed by atoms with Gasteiger partial charge in [-0.2, -0.15) is 0 Å². The van der Waals surface area contributed by atoms with Crippen LogP contribution in [0.25, 0.3) is 0 Å². The van der Waals surface area contributed by atoms with Crippen molar-refractivity contribution < 1.29 is 27.8 Å². The lowest BCUT2D eigenvalue weighted by molar-refractivity contribution is -0.126. The Morgan fingerprint density at radius 1 is 0.867 bits per heavy atom. The van der Waals surface area contributed by atoms with Gasteiger partial charge in [0.2, 0.25) is 0 Å². The van der Waals surface area contributed by atoms with Crippen molar-refractivity contribution in [2.24, 2.45) is 0 Å². The predicted octanol–water partition coefficient (Wildman–Crippen LogP) is 1.56. The molecule has 0 rings (SSSR count). The molecule has 15 heavy (non-hydrogen) atoms. The molecule has 0 aliphatic rings. The topological polar surface area (TPSA) is 48.6 Å². The summed E-state index contributed by atoms with van der Waals surface area (Å²) in [4.78, 5) is 6.02. The third-order valence-corrected chi connectivity index (χ3v) is 2.41. The Kier molecular flexibility index (Phi) is 7.51. The largest absolute Gasteiger partial charge is 0.412 e. The van der Waals surface area contributed by atoms with Crippen molar-refractivity contribution >= 4 is 29.0 Å². The van der Waals surface area contributed by atoms with Crippen molar-refractivity contribution in [1.29, 1.82) is 0 Å². The van der Waals surface area contributed by atoms with Gasteiger partial charge in [-0.25, -0.2) is 17.6 Å². The molecule has 2 nitrogen and oxygen atoms in total. The molecule has 0 aromatic rings. The number of halogens is 6. The van der Waals surface area contributed by atoms with Crippen LogP contribution in [0, 0.1) is 0 Å². The van der Waals surface area contributed by atoms with Gasteiger partial charge in [-0.1, -0.05) is 0 Å². The number of carbonyl (C=O) groups excluding carboxylic acids is 1. The summed E-state index contributed by atoms with van der Waals surface area (Å²) in [6.07, 6.45) is 0. The van der Waals surface area contributed by atoms with Gasteiger partial charge in [-0.05, 0) is 0 Å². The Hall–Kier alpha value is -0.0700. The van der Waals surface area contributed by atoms with E-state index in [-0.39, 0.29) is 5.48 Å². The Balaban J connectivity index is 0. The van der Waals surface area contributed by atoms with Crippen molar-refractivity contribution in [2.75, 3.05) is 26.7 Å². The molecule has 0 aromatic heterocycles. The summed E-state index contributed by atoms with van der Waals surface area (Å²) in [7, 11) is 0. The lowest BCUT2D eigenvalue weighted by Gasteiger charge is -2.27. The Morgan fingerprint density at radius 3 is 1.20 bits per heavy atom. The van der Waals surface area contributed by atoms with Gasteiger partial charge in [0.25, 0.3) is 0 Å². The van der Waals surface area contributed by atoms with Crippen LogP contribution in [0.2, 0.25) is 0 Å². The van der Waals surface area contributed by atoms with E-state index in [0.29, 0.717) is 0 Å². The predicted molar refractivity (Wildman–Crippen MR) is 49.7 cm³/mol. The number of rotatable bonds is 6. The number of Topliss-reactive ketones (excluding diaryl/α,β-unsaturated/α-hetero) is 1.